The average molecular weight is 324 g/mol. The lowest BCUT2D eigenvalue weighted by molar-refractivity contribution is -0.139. The summed E-state index contributed by atoms with van der Waals surface area (Å²) in [6.45, 7) is 2.85. The maximum atomic E-state index is 12.3. The summed E-state index contributed by atoms with van der Waals surface area (Å²) in [5.41, 5.74) is 0.826. The van der Waals surface area contributed by atoms with Crippen molar-refractivity contribution in [2.75, 3.05) is 33.5 Å². The quantitative estimate of drug-likeness (QED) is 0.785. The van der Waals surface area contributed by atoms with Crippen LogP contribution in [-0.2, 0) is 38.6 Å². The molecule has 0 radical (unpaired) electrons. The molecule has 7 heteroatoms. The van der Waals surface area contributed by atoms with Gasteiger partial charge in [-0.2, -0.15) is 0 Å². The molecule has 23 heavy (non-hydrogen) atoms. The van der Waals surface area contributed by atoms with Crippen LogP contribution in [0, 0.1) is 0 Å². The minimum absolute atomic E-state index is 0.0113. The maximum absolute atomic E-state index is 12.3. The molecule has 1 fully saturated rings. The highest BCUT2D eigenvalue weighted by atomic mass is 16.5. The maximum Gasteiger partial charge on any atom is 0.248 e. The zero-order valence-corrected chi connectivity index (χ0v) is 13.6. The van der Waals surface area contributed by atoms with Crippen LogP contribution in [0.4, 0.5) is 0 Å². The van der Waals surface area contributed by atoms with Crippen LogP contribution >= 0.6 is 0 Å². The molecule has 0 aliphatic carbocycles. The van der Waals surface area contributed by atoms with Crippen LogP contribution in [0.3, 0.4) is 0 Å². The summed E-state index contributed by atoms with van der Waals surface area (Å²) in [6, 6.07) is 0. The Hall–Kier alpha value is -1.44. The van der Waals surface area contributed by atoms with Gasteiger partial charge < -0.3 is 23.5 Å². The van der Waals surface area contributed by atoms with Gasteiger partial charge in [-0.15, -0.1) is 0 Å². The van der Waals surface area contributed by atoms with E-state index in [2.05, 4.69) is 4.98 Å². The summed E-state index contributed by atoms with van der Waals surface area (Å²) in [5, 5.41) is 0. The molecule has 0 spiro atoms. The number of carbonyl (C=O) groups is 1. The molecule has 128 valence electrons. The fraction of sp³-hybridized carbons (Fsp3) is 0.750. The highest BCUT2D eigenvalue weighted by molar-refractivity contribution is 5.77. The second kappa shape index (κ2) is 7.90. The van der Waals surface area contributed by atoms with Gasteiger partial charge in [0.25, 0.3) is 0 Å². The number of oxazole rings is 1. The van der Waals surface area contributed by atoms with Gasteiger partial charge >= 0.3 is 0 Å². The van der Waals surface area contributed by atoms with Gasteiger partial charge in [0.15, 0.2) is 0 Å². The molecule has 3 heterocycles. The van der Waals surface area contributed by atoms with Crippen LogP contribution in [0.1, 0.15) is 36.6 Å². The van der Waals surface area contributed by atoms with E-state index in [0.29, 0.717) is 38.6 Å². The van der Waals surface area contributed by atoms with Gasteiger partial charge in [0, 0.05) is 26.7 Å². The van der Waals surface area contributed by atoms with E-state index in [1.54, 1.807) is 12.0 Å². The van der Waals surface area contributed by atoms with Crippen LogP contribution in [0.5, 0.6) is 0 Å². The predicted molar refractivity (Wildman–Crippen MR) is 80.7 cm³/mol. The number of rotatable bonds is 6. The van der Waals surface area contributed by atoms with E-state index >= 15 is 0 Å². The monoisotopic (exact) mass is 324 g/mol. The van der Waals surface area contributed by atoms with Crippen LogP contribution < -0.4 is 0 Å². The standard InChI is InChI=1S/C16H24N2O5/c1-20-10-15-17-13-8-18(6-5-14(13)23-15)16(19)11-21-9-12-4-2-3-7-22-12/h12H,2-11H2,1H3. The number of nitrogens with zero attached hydrogens (tertiary/aromatic N) is 2. The Morgan fingerprint density at radius 3 is 3.13 bits per heavy atom. The van der Waals surface area contributed by atoms with E-state index < -0.39 is 0 Å². The molecule has 3 rings (SSSR count). The van der Waals surface area contributed by atoms with Crippen LogP contribution in [0.15, 0.2) is 4.42 Å². The third-order valence-electron chi connectivity index (χ3n) is 4.20. The Kier molecular flexibility index (Phi) is 5.64. The first-order chi connectivity index (χ1) is 11.3. The molecule has 2 aliphatic rings. The lowest BCUT2D eigenvalue weighted by atomic mass is 10.1. The van der Waals surface area contributed by atoms with E-state index in [0.717, 1.165) is 30.9 Å². The van der Waals surface area contributed by atoms with Crippen molar-refractivity contribution in [2.24, 2.45) is 0 Å². The topological polar surface area (TPSA) is 74.0 Å². The Labute approximate surface area is 135 Å². The Balaban J connectivity index is 1.44. The van der Waals surface area contributed by atoms with Gasteiger partial charge in [0.05, 0.1) is 19.3 Å². The fourth-order valence-electron chi connectivity index (χ4n) is 2.96. The first kappa shape index (κ1) is 16.4. The molecule has 1 aromatic rings. The molecular weight excluding hydrogens is 300 g/mol. The van der Waals surface area contributed by atoms with E-state index in [4.69, 9.17) is 18.6 Å². The van der Waals surface area contributed by atoms with Crippen LogP contribution in [-0.4, -0.2) is 55.4 Å². The molecule has 7 nitrogen and oxygen atoms in total. The molecule has 1 amide bonds. The number of carbonyl (C=O) groups excluding carboxylic acids is 1. The van der Waals surface area contributed by atoms with Crippen molar-refractivity contribution in [3.8, 4) is 0 Å². The lowest BCUT2D eigenvalue weighted by Gasteiger charge is -2.26. The van der Waals surface area contributed by atoms with Gasteiger partial charge in [0.2, 0.25) is 11.8 Å². The second-order valence-electron chi connectivity index (χ2n) is 5.98. The third kappa shape index (κ3) is 4.31. The summed E-state index contributed by atoms with van der Waals surface area (Å²) >= 11 is 0. The van der Waals surface area contributed by atoms with Gasteiger partial charge in [-0.1, -0.05) is 0 Å². The SMILES string of the molecule is COCc1nc2c(o1)CCN(C(=O)COCC1CCCCO1)C2. The van der Waals surface area contributed by atoms with Gasteiger partial charge in [-0.25, -0.2) is 4.98 Å². The average Bonchev–Trinajstić information content (AvgIpc) is 2.97. The summed E-state index contributed by atoms with van der Waals surface area (Å²) < 4.78 is 21.8. The van der Waals surface area contributed by atoms with Crippen LogP contribution in [0.25, 0.3) is 0 Å². The molecule has 2 aliphatic heterocycles. The molecule has 0 N–H and O–H groups in total. The van der Waals surface area contributed by atoms with Gasteiger partial charge in [0.1, 0.15) is 24.7 Å². The highest BCUT2D eigenvalue weighted by Gasteiger charge is 2.25. The zero-order chi connectivity index (χ0) is 16.1. The van der Waals surface area contributed by atoms with Crippen molar-refractivity contribution in [2.45, 2.75) is 44.9 Å². The van der Waals surface area contributed by atoms with Crippen molar-refractivity contribution < 1.29 is 23.4 Å². The van der Waals surface area contributed by atoms with E-state index in [-0.39, 0.29) is 18.6 Å². The van der Waals surface area contributed by atoms with Gasteiger partial charge in [-0.05, 0) is 19.3 Å². The number of methoxy groups -OCH3 is 1. The summed E-state index contributed by atoms with van der Waals surface area (Å²) in [6.07, 6.45) is 4.13. The van der Waals surface area contributed by atoms with Crippen molar-refractivity contribution >= 4 is 5.91 Å². The number of hydrogen-bond donors (Lipinski definition) is 0. The number of amides is 1. The van der Waals surface area contributed by atoms with Crippen molar-refractivity contribution in [3.05, 3.63) is 17.3 Å². The summed E-state index contributed by atoms with van der Waals surface area (Å²) in [7, 11) is 1.60. The fourth-order valence-corrected chi connectivity index (χ4v) is 2.96. The molecule has 1 unspecified atom stereocenters. The lowest BCUT2D eigenvalue weighted by Crippen LogP contribution is -2.38. The van der Waals surface area contributed by atoms with E-state index in [9.17, 15) is 4.79 Å². The predicted octanol–water partition coefficient (Wildman–Crippen LogP) is 1.29. The number of hydrogen-bond acceptors (Lipinski definition) is 6. The molecule has 0 aromatic carbocycles. The second-order valence-corrected chi connectivity index (χ2v) is 5.98. The Bertz CT molecular complexity index is 525. The van der Waals surface area contributed by atoms with Crippen LogP contribution in [0.2, 0.25) is 0 Å². The highest BCUT2D eigenvalue weighted by Crippen LogP contribution is 2.20. The van der Waals surface area contributed by atoms with E-state index in [1.807, 2.05) is 0 Å². The van der Waals surface area contributed by atoms with E-state index in [1.165, 1.54) is 6.42 Å². The normalized spacial score (nSPS) is 21.3. The molecular formula is C16H24N2O5. The van der Waals surface area contributed by atoms with Crippen molar-refractivity contribution in [1.29, 1.82) is 0 Å². The molecule has 1 aromatic heterocycles. The minimum Gasteiger partial charge on any atom is -0.443 e. The summed E-state index contributed by atoms with van der Waals surface area (Å²) in [5.74, 6) is 1.41. The Morgan fingerprint density at radius 1 is 1.43 bits per heavy atom. The number of fused-ring (bicyclic) bond motifs is 1. The largest absolute Gasteiger partial charge is 0.443 e. The number of ether oxygens (including phenoxy) is 3. The summed E-state index contributed by atoms with van der Waals surface area (Å²) in [4.78, 5) is 18.4. The smallest absolute Gasteiger partial charge is 0.248 e. The van der Waals surface area contributed by atoms with Gasteiger partial charge in [-0.3, -0.25) is 4.79 Å². The molecule has 1 atom stereocenters. The van der Waals surface area contributed by atoms with Crippen molar-refractivity contribution in [3.63, 3.8) is 0 Å². The first-order valence-electron chi connectivity index (χ1n) is 8.20. The molecule has 0 saturated carbocycles. The molecule has 0 bridgehead atoms. The first-order valence-corrected chi connectivity index (χ1v) is 8.20. The third-order valence-corrected chi connectivity index (χ3v) is 4.20. The molecule has 1 saturated heterocycles. The van der Waals surface area contributed by atoms with Crippen molar-refractivity contribution in [1.82, 2.24) is 9.88 Å². The number of aromatic nitrogens is 1. The minimum atomic E-state index is -0.0113. The Morgan fingerprint density at radius 2 is 2.35 bits per heavy atom. The zero-order valence-electron chi connectivity index (χ0n) is 13.6.